The Hall–Kier alpha value is -0.360. The fourth-order valence-electron chi connectivity index (χ4n) is 0.587. The molecule has 0 radical (unpaired) electrons. The van der Waals surface area contributed by atoms with E-state index in [1.54, 1.807) is 13.4 Å². The number of carbonyl (C=O) groups is 1. The van der Waals surface area contributed by atoms with Crippen LogP contribution in [0.25, 0.3) is 0 Å². The highest BCUT2D eigenvalue weighted by Crippen LogP contribution is 2.22. The van der Waals surface area contributed by atoms with E-state index in [0.29, 0.717) is 11.4 Å². The van der Waals surface area contributed by atoms with Crippen LogP contribution in [0.3, 0.4) is 0 Å². The molecule has 1 heterocycles. The predicted molar refractivity (Wildman–Crippen MR) is 66.8 cm³/mol. The van der Waals surface area contributed by atoms with Gasteiger partial charge in [0.25, 0.3) is 0 Å². The number of aldehydes is 1. The molecule has 1 aromatic heterocycles. The van der Waals surface area contributed by atoms with Gasteiger partial charge >= 0.3 is 0 Å². The van der Waals surface area contributed by atoms with Crippen molar-refractivity contribution in [3.63, 3.8) is 0 Å². The largest absolute Gasteiger partial charge is 0.385 e. The number of carbonyl (C=O) groups excluding carboxylic acids is 1. The summed E-state index contributed by atoms with van der Waals surface area (Å²) in [5.74, 6) is 0. The highest BCUT2D eigenvalue weighted by molar-refractivity contribution is 7.98. The van der Waals surface area contributed by atoms with Crippen LogP contribution in [0.15, 0.2) is 5.16 Å². The van der Waals surface area contributed by atoms with E-state index in [2.05, 4.69) is 14.7 Å². The van der Waals surface area contributed by atoms with Crippen LogP contribution in [0.1, 0.15) is 17.3 Å². The highest BCUT2D eigenvalue weighted by Gasteiger charge is 2.09. The molecule has 0 aliphatic heterocycles. The molecule has 4 nitrogen and oxygen atoms in total. The maximum atomic E-state index is 10.4. The monoisotopic (exact) mass is 282 g/mol. The molecular weight excluding hydrogens is 271 g/mol. The summed E-state index contributed by atoms with van der Waals surface area (Å²) < 4.78 is 4.54. The van der Waals surface area contributed by atoms with Gasteiger partial charge in [-0.05, 0) is 13.2 Å². The summed E-state index contributed by atoms with van der Waals surface area (Å²) in [5.41, 5.74) is 0.135. The van der Waals surface area contributed by atoms with Crippen molar-refractivity contribution in [1.29, 1.82) is 0 Å². The van der Waals surface area contributed by atoms with Gasteiger partial charge in [-0.2, -0.15) is 0 Å². The van der Waals surface area contributed by atoms with Gasteiger partial charge in [-0.25, -0.2) is 9.97 Å². The summed E-state index contributed by atoms with van der Waals surface area (Å²) in [5, 5.41) is 0.638. The molecule has 16 heavy (non-hydrogen) atoms. The molecule has 0 aliphatic rings. The number of hydrogen-bond acceptors (Lipinski definition) is 5. The number of hydrogen-bond donors (Lipinski definition) is 0. The average Bonchev–Trinajstić information content (AvgIpc) is 2.29. The van der Waals surface area contributed by atoms with E-state index < -0.39 is 0 Å². The van der Waals surface area contributed by atoms with Crippen LogP contribution in [-0.4, -0.2) is 36.2 Å². The van der Waals surface area contributed by atoms with Crippen LogP contribution in [0.4, 0.5) is 0 Å². The summed E-state index contributed by atoms with van der Waals surface area (Å²) in [4.78, 5) is 18.0. The lowest BCUT2D eigenvalue weighted by molar-refractivity contribution is 0.112. The van der Waals surface area contributed by atoms with E-state index in [-0.39, 0.29) is 15.9 Å². The van der Waals surface area contributed by atoms with E-state index in [4.69, 9.17) is 23.2 Å². The first kappa shape index (κ1) is 15.6. The van der Waals surface area contributed by atoms with Crippen molar-refractivity contribution < 1.29 is 9.53 Å². The predicted octanol–water partition coefficient (Wildman–Crippen LogP) is 2.97. The number of rotatable bonds is 3. The van der Waals surface area contributed by atoms with E-state index in [9.17, 15) is 4.79 Å². The molecule has 0 unspecified atom stereocenters. The van der Waals surface area contributed by atoms with Gasteiger partial charge in [0.2, 0.25) is 0 Å². The summed E-state index contributed by atoms with van der Waals surface area (Å²) in [7, 11) is 1.68. The average molecular weight is 283 g/mol. The standard InChI is InChI=1S/C6H4Cl2N2OS.C3H8O/c1-12-6-9-4(7)3(2-11)5(8)10-6;1-3-4-2/h2H,1H3;3H2,1-2H3. The molecular formula is C9H12Cl2N2O2S. The maximum Gasteiger partial charge on any atom is 0.190 e. The molecule has 1 aromatic rings. The second kappa shape index (κ2) is 8.75. The molecule has 0 fully saturated rings. The zero-order valence-corrected chi connectivity index (χ0v) is 11.5. The molecule has 1 rings (SSSR count). The minimum Gasteiger partial charge on any atom is -0.385 e. The SMILES string of the molecule is CCOC.CSc1nc(Cl)c(C=O)c(Cl)n1. The van der Waals surface area contributed by atoms with Crippen molar-refractivity contribution in [3.8, 4) is 0 Å². The molecule has 90 valence electrons. The molecule has 0 saturated carbocycles. The summed E-state index contributed by atoms with van der Waals surface area (Å²) in [6.07, 6.45) is 2.33. The zero-order chi connectivity index (χ0) is 12.6. The quantitative estimate of drug-likeness (QED) is 0.369. The van der Waals surface area contributed by atoms with Gasteiger partial charge in [0.15, 0.2) is 11.4 Å². The van der Waals surface area contributed by atoms with Crippen LogP contribution in [0.5, 0.6) is 0 Å². The summed E-state index contributed by atoms with van der Waals surface area (Å²) in [6, 6.07) is 0. The first-order valence-corrected chi connectivity index (χ1v) is 6.29. The van der Waals surface area contributed by atoms with Gasteiger partial charge in [0, 0.05) is 13.7 Å². The Morgan fingerprint density at radius 2 is 1.81 bits per heavy atom. The van der Waals surface area contributed by atoms with Gasteiger partial charge in [-0.1, -0.05) is 35.0 Å². The van der Waals surface area contributed by atoms with Crippen molar-refractivity contribution in [1.82, 2.24) is 9.97 Å². The topological polar surface area (TPSA) is 52.1 Å². The van der Waals surface area contributed by atoms with E-state index in [1.807, 2.05) is 6.92 Å². The number of nitrogens with zero attached hydrogens (tertiary/aromatic N) is 2. The minimum absolute atomic E-state index is 0.0920. The van der Waals surface area contributed by atoms with Gasteiger partial charge in [0.05, 0.1) is 5.56 Å². The second-order valence-electron chi connectivity index (χ2n) is 2.40. The third kappa shape index (κ3) is 5.12. The van der Waals surface area contributed by atoms with E-state index in [1.165, 1.54) is 11.8 Å². The molecule has 0 N–H and O–H groups in total. The summed E-state index contributed by atoms with van der Waals surface area (Å²) >= 11 is 12.6. The lowest BCUT2D eigenvalue weighted by Gasteiger charge is -1.99. The van der Waals surface area contributed by atoms with E-state index >= 15 is 0 Å². The Bertz CT molecular complexity index is 325. The van der Waals surface area contributed by atoms with Crippen molar-refractivity contribution in [2.24, 2.45) is 0 Å². The number of methoxy groups -OCH3 is 1. The molecule has 0 aromatic carbocycles. The molecule has 0 bridgehead atoms. The fraction of sp³-hybridized carbons (Fsp3) is 0.444. The zero-order valence-electron chi connectivity index (χ0n) is 9.16. The Balaban J connectivity index is 0.000000487. The smallest absolute Gasteiger partial charge is 0.190 e. The van der Waals surface area contributed by atoms with Crippen molar-refractivity contribution in [2.75, 3.05) is 20.0 Å². The Morgan fingerprint density at radius 1 is 1.38 bits per heavy atom. The van der Waals surface area contributed by atoms with Crippen molar-refractivity contribution >= 4 is 41.2 Å². The minimum atomic E-state index is 0.0920. The Morgan fingerprint density at radius 3 is 2.06 bits per heavy atom. The van der Waals surface area contributed by atoms with Crippen molar-refractivity contribution in [3.05, 3.63) is 15.9 Å². The lowest BCUT2D eigenvalue weighted by atomic mass is 10.4. The van der Waals surface area contributed by atoms with Gasteiger partial charge in [-0.3, -0.25) is 4.79 Å². The summed E-state index contributed by atoms with van der Waals surface area (Å²) in [6.45, 7) is 2.78. The number of thioether (sulfide) groups is 1. The third-order valence-corrected chi connectivity index (χ3v) is 2.55. The third-order valence-electron chi connectivity index (χ3n) is 1.42. The molecule has 0 spiro atoms. The van der Waals surface area contributed by atoms with E-state index in [0.717, 1.165) is 6.61 Å². The second-order valence-corrected chi connectivity index (χ2v) is 3.89. The Kier molecular flexibility index (Phi) is 8.56. The van der Waals surface area contributed by atoms with Crippen LogP contribution >= 0.6 is 35.0 Å². The van der Waals surface area contributed by atoms with Gasteiger partial charge in [0.1, 0.15) is 10.3 Å². The van der Waals surface area contributed by atoms with Crippen LogP contribution in [0.2, 0.25) is 10.3 Å². The molecule has 0 amide bonds. The number of aromatic nitrogens is 2. The highest BCUT2D eigenvalue weighted by atomic mass is 35.5. The van der Waals surface area contributed by atoms with Crippen molar-refractivity contribution in [2.45, 2.75) is 12.1 Å². The maximum absolute atomic E-state index is 10.4. The molecule has 0 atom stereocenters. The van der Waals surface area contributed by atoms with Crippen LogP contribution in [-0.2, 0) is 4.74 Å². The normalized spacial score (nSPS) is 9.31. The molecule has 0 aliphatic carbocycles. The molecule has 0 saturated heterocycles. The number of ether oxygens (including phenoxy) is 1. The number of halogens is 2. The van der Waals surface area contributed by atoms with Gasteiger partial charge in [-0.15, -0.1) is 0 Å². The molecule has 7 heteroatoms. The van der Waals surface area contributed by atoms with Crippen LogP contribution in [0, 0.1) is 0 Å². The Labute approximate surface area is 109 Å². The first-order valence-electron chi connectivity index (χ1n) is 4.31. The lowest BCUT2D eigenvalue weighted by Crippen LogP contribution is -1.94. The first-order chi connectivity index (χ1) is 7.60. The fourth-order valence-corrected chi connectivity index (χ4v) is 1.53. The van der Waals surface area contributed by atoms with Crippen LogP contribution < -0.4 is 0 Å². The van der Waals surface area contributed by atoms with Gasteiger partial charge < -0.3 is 4.74 Å².